The molecule has 0 atom stereocenters. The Kier molecular flexibility index (Phi) is 3.33. The van der Waals surface area contributed by atoms with E-state index in [-0.39, 0.29) is 0 Å². The highest BCUT2D eigenvalue weighted by atomic mass is 79.9. The zero-order valence-corrected chi connectivity index (χ0v) is 9.48. The van der Waals surface area contributed by atoms with E-state index in [1.54, 1.807) is 6.07 Å². The Labute approximate surface area is 86.9 Å². The van der Waals surface area contributed by atoms with Crippen LogP contribution >= 0.6 is 15.9 Å². The van der Waals surface area contributed by atoms with Crippen LogP contribution in [0.5, 0.6) is 5.75 Å². The first kappa shape index (κ1) is 10.5. The second-order valence-electron chi connectivity index (χ2n) is 3.17. The van der Waals surface area contributed by atoms with Crippen molar-refractivity contribution in [2.24, 2.45) is 5.73 Å². The first-order valence-corrected chi connectivity index (χ1v) is 5.04. The van der Waals surface area contributed by atoms with Gasteiger partial charge in [0.25, 0.3) is 0 Å². The summed E-state index contributed by atoms with van der Waals surface area (Å²) in [6.07, 6.45) is 0.719. The molecule has 0 unspecified atom stereocenters. The van der Waals surface area contributed by atoms with Crippen molar-refractivity contribution in [2.75, 3.05) is 6.54 Å². The maximum atomic E-state index is 9.65. The molecule has 0 radical (unpaired) electrons. The number of nitrogens with two attached hydrogens (primary N) is 1. The van der Waals surface area contributed by atoms with E-state index in [4.69, 9.17) is 5.73 Å². The summed E-state index contributed by atoms with van der Waals surface area (Å²) in [4.78, 5) is 0. The molecule has 72 valence electrons. The Morgan fingerprint density at radius 1 is 1.46 bits per heavy atom. The van der Waals surface area contributed by atoms with Gasteiger partial charge in [-0.2, -0.15) is 0 Å². The van der Waals surface area contributed by atoms with Crippen molar-refractivity contribution in [3.05, 3.63) is 27.2 Å². The molecular weight excluding hydrogens is 230 g/mol. The molecule has 3 heteroatoms. The first-order valence-electron chi connectivity index (χ1n) is 4.25. The average molecular weight is 244 g/mol. The summed E-state index contributed by atoms with van der Waals surface area (Å²) in [5, 5.41) is 9.65. The van der Waals surface area contributed by atoms with Crippen LogP contribution in [0, 0.1) is 13.8 Å². The lowest BCUT2D eigenvalue weighted by Crippen LogP contribution is -2.05. The van der Waals surface area contributed by atoms with Gasteiger partial charge in [-0.15, -0.1) is 0 Å². The van der Waals surface area contributed by atoms with Crippen LogP contribution in [0.2, 0.25) is 0 Å². The van der Waals surface area contributed by atoms with E-state index in [9.17, 15) is 5.11 Å². The van der Waals surface area contributed by atoms with Crippen LogP contribution < -0.4 is 5.73 Å². The van der Waals surface area contributed by atoms with Gasteiger partial charge in [0.2, 0.25) is 0 Å². The van der Waals surface area contributed by atoms with Crippen LogP contribution in [0.3, 0.4) is 0 Å². The fourth-order valence-electron chi connectivity index (χ4n) is 1.44. The number of rotatable bonds is 2. The molecule has 1 aromatic rings. The second-order valence-corrected chi connectivity index (χ2v) is 3.96. The van der Waals surface area contributed by atoms with Crippen LogP contribution in [-0.4, -0.2) is 11.7 Å². The minimum absolute atomic E-state index is 0.351. The number of hydrogen-bond donors (Lipinski definition) is 2. The predicted octanol–water partition coefficient (Wildman–Crippen LogP) is 2.27. The van der Waals surface area contributed by atoms with E-state index in [0.717, 1.165) is 27.6 Å². The summed E-state index contributed by atoms with van der Waals surface area (Å²) in [7, 11) is 0. The van der Waals surface area contributed by atoms with Crippen LogP contribution in [0.15, 0.2) is 10.5 Å². The number of aryl methyl sites for hydroxylation is 1. The molecule has 0 bridgehead atoms. The lowest BCUT2D eigenvalue weighted by atomic mass is 10.0. The van der Waals surface area contributed by atoms with E-state index in [1.165, 1.54) is 0 Å². The van der Waals surface area contributed by atoms with Crippen molar-refractivity contribution in [2.45, 2.75) is 20.3 Å². The zero-order valence-electron chi connectivity index (χ0n) is 7.89. The van der Waals surface area contributed by atoms with Crippen molar-refractivity contribution < 1.29 is 5.11 Å². The largest absolute Gasteiger partial charge is 0.508 e. The van der Waals surface area contributed by atoms with Gasteiger partial charge in [-0.25, -0.2) is 0 Å². The minimum atomic E-state index is 0.351. The molecule has 0 fully saturated rings. The maximum absolute atomic E-state index is 9.65. The Bertz CT molecular complexity index is 323. The van der Waals surface area contributed by atoms with Gasteiger partial charge in [0.05, 0.1) is 0 Å². The molecule has 0 saturated carbocycles. The van der Waals surface area contributed by atoms with E-state index >= 15 is 0 Å². The molecule has 0 heterocycles. The standard InChI is InChI=1S/C10H14BrNO/c1-6-5-9(13)8(3-4-12)7(2)10(6)11/h5,13H,3-4,12H2,1-2H3. The third-order valence-electron chi connectivity index (χ3n) is 2.18. The van der Waals surface area contributed by atoms with Gasteiger partial charge in [0.15, 0.2) is 0 Å². The molecule has 0 aromatic heterocycles. The van der Waals surface area contributed by atoms with Gasteiger partial charge in [-0.3, -0.25) is 0 Å². The SMILES string of the molecule is Cc1cc(O)c(CCN)c(C)c1Br. The van der Waals surface area contributed by atoms with Gasteiger partial charge in [0.1, 0.15) is 5.75 Å². The molecule has 0 aliphatic heterocycles. The number of halogens is 1. The summed E-state index contributed by atoms with van der Waals surface area (Å²) in [5.41, 5.74) is 8.54. The highest BCUT2D eigenvalue weighted by Gasteiger charge is 2.09. The summed E-state index contributed by atoms with van der Waals surface area (Å²) >= 11 is 3.48. The molecular formula is C10H14BrNO. The zero-order chi connectivity index (χ0) is 10.0. The fraction of sp³-hybridized carbons (Fsp3) is 0.400. The maximum Gasteiger partial charge on any atom is 0.119 e. The van der Waals surface area contributed by atoms with Gasteiger partial charge in [-0.1, -0.05) is 15.9 Å². The summed E-state index contributed by atoms with van der Waals surface area (Å²) in [6, 6.07) is 1.77. The van der Waals surface area contributed by atoms with E-state index < -0.39 is 0 Å². The number of hydrogen-bond acceptors (Lipinski definition) is 2. The smallest absolute Gasteiger partial charge is 0.119 e. The normalized spacial score (nSPS) is 10.5. The third-order valence-corrected chi connectivity index (χ3v) is 3.41. The monoisotopic (exact) mass is 243 g/mol. The fourth-order valence-corrected chi connectivity index (χ4v) is 1.79. The molecule has 2 nitrogen and oxygen atoms in total. The quantitative estimate of drug-likeness (QED) is 0.838. The lowest BCUT2D eigenvalue weighted by Gasteiger charge is -2.11. The van der Waals surface area contributed by atoms with Gasteiger partial charge < -0.3 is 10.8 Å². The van der Waals surface area contributed by atoms with Crippen molar-refractivity contribution in [1.82, 2.24) is 0 Å². The molecule has 0 amide bonds. The molecule has 0 saturated heterocycles. The van der Waals surface area contributed by atoms with Crippen LogP contribution in [0.25, 0.3) is 0 Å². The Balaban J connectivity index is 3.26. The Hall–Kier alpha value is -0.540. The lowest BCUT2D eigenvalue weighted by molar-refractivity contribution is 0.467. The molecule has 1 aromatic carbocycles. The van der Waals surface area contributed by atoms with Gasteiger partial charge >= 0.3 is 0 Å². The van der Waals surface area contributed by atoms with Gasteiger partial charge in [-0.05, 0) is 49.6 Å². The highest BCUT2D eigenvalue weighted by molar-refractivity contribution is 9.10. The van der Waals surface area contributed by atoms with Crippen LogP contribution in [0.4, 0.5) is 0 Å². The van der Waals surface area contributed by atoms with Crippen molar-refractivity contribution in [3.8, 4) is 5.75 Å². The summed E-state index contributed by atoms with van der Waals surface area (Å²) in [5.74, 6) is 0.351. The van der Waals surface area contributed by atoms with Crippen LogP contribution in [-0.2, 0) is 6.42 Å². The average Bonchev–Trinajstić information content (AvgIpc) is 2.09. The molecule has 0 aliphatic carbocycles. The molecule has 13 heavy (non-hydrogen) atoms. The predicted molar refractivity (Wildman–Crippen MR) is 58.0 cm³/mol. The number of aromatic hydroxyl groups is 1. The highest BCUT2D eigenvalue weighted by Crippen LogP contribution is 2.31. The van der Waals surface area contributed by atoms with E-state index in [2.05, 4.69) is 15.9 Å². The van der Waals surface area contributed by atoms with Crippen LogP contribution in [0.1, 0.15) is 16.7 Å². The summed E-state index contributed by atoms with van der Waals surface area (Å²) < 4.78 is 1.06. The number of phenols is 1. The van der Waals surface area contributed by atoms with Gasteiger partial charge in [0, 0.05) is 4.47 Å². The summed E-state index contributed by atoms with van der Waals surface area (Å²) in [6.45, 7) is 4.51. The third kappa shape index (κ3) is 2.03. The number of phenolic OH excluding ortho intramolecular Hbond substituents is 1. The molecule has 3 N–H and O–H groups in total. The van der Waals surface area contributed by atoms with E-state index in [0.29, 0.717) is 12.3 Å². The Morgan fingerprint density at radius 3 is 2.62 bits per heavy atom. The molecule has 1 rings (SSSR count). The van der Waals surface area contributed by atoms with Crippen molar-refractivity contribution >= 4 is 15.9 Å². The first-order chi connectivity index (χ1) is 6.07. The molecule has 0 spiro atoms. The van der Waals surface area contributed by atoms with Crippen molar-refractivity contribution in [1.29, 1.82) is 0 Å². The van der Waals surface area contributed by atoms with E-state index in [1.807, 2.05) is 13.8 Å². The molecule has 0 aliphatic rings. The minimum Gasteiger partial charge on any atom is -0.508 e. The topological polar surface area (TPSA) is 46.2 Å². The van der Waals surface area contributed by atoms with Crippen molar-refractivity contribution in [3.63, 3.8) is 0 Å². The number of benzene rings is 1. The second kappa shape index (κ2) is 4.11. The Morgan fingerprint density at radius 2 is 2.08 bits per heavy atom.